The van der Waals surface area contributed by atoms with E-state index in [1.807, 2.05) is 13.8 Å². The SMILES string of the molecule is CCCC(CCC)C(=O)N[C@@H](CC(=O)N[C@@H]1CN2CCC1CC2)C(=O)N1CCC[C@H]1C(=O)N[C@H](C=O)CCCCC(=N)N. The van der Waals surface area contributed by atoms with Crippen molar-refractivity contribution in [2.45, 2.75) is 121 Å². The van der Waals surface area contributed by atoms with E-state index in [1.54, 1.807) is 0 Å². The Morgan fingerprint density at radius 1 is 0.977 bits per heavy atom. The van der Waals surface area contributed by atoms with E-state index in [0.717, 1.165) is 45.3 Å². The Bertz CT molecular complexity index is 978. The number of likely N-dealkylation sites (tertiary alicyclic amines) is 1. The first-order valence-corrected chi connectivity index (χ1v) is 16.4. The second-order valence-electron chi connectivity index (χ2n) is 12.6. The second-order valence-corrected chi connectivity index (χ2v) is 12.6. The fourth-order valence-corrected chi connectivity index (χ4v) is 6.81. The molecule has 12 nitrogen and oxygen atoms in total. The maximum atomic E-state index is 14.0. The monoisotopic (exact) mass is 603 g/mol. The number of nitrogens with one attached hydrogen (secondary N) is 4. The molecule has 0 aromatic heterocycles. The third-order valence-electron chi connectivity index (χ3n) is 9.19. The first-order chi connectivity index (χ1) is 20.7. The zero-order chi connectivity index (χ0) is 31.4. The van der Waals surface area contributed by atoms with Crippen molar-refractivity contribution in [3.8, 4) is 0 Å². The van der Waals surface area contributed by atoms with E-state index >= 15 is 0 Å². The molecule has 4 heterocycles. The van der Waals surface area contributed by atoms with Crippen LogP contribution in [0.4, 0.5) is 0 Å². The van der Waals surface area contributed by atoms with Crippen LogP contribution in [0.15, 0.2) is 0 Å². The predicted molar refractivity (Wildman–Crippen MR) is 164 cm³/mol. The molecule has 0 saturated carbocycles. The normalized spacial score (nSPS) is 24.3. The second kappa shape index (κ2) is 17.3. The molecule has 4 saturated heterocycles. The maximum Gasteiger partial charge on any atom is 0.246 e. The summed E-state index contributed by atoms with van der Waals surface area (Å²) in [6, 6.07) is -2.52. The van der Waals surface area contributed by atoms with Gasteiger partial charge in [0.15, 0.2) is 0 Å². The van der Waals surface area contributed by atoms with Crippen molar-refractivity contribution in [2.24, 2.45) is 17.6 Å². The van der Waals surface area contributed by atoms with Crippen molar-refractivity contribution in [2.75, 3.05) is 26.2 Å². The third-order valence-corrected chi connectivity index (χ3v) is 9.19. The molecule has 4 fully saturated rings. The average Bonchev–Trinajstić information content (AvgIpc) is 3.48. The van der Waals surface area contributed by atoms with Crippen LogP contribution in [0, 0.1) is 17.2 Å². The summed E-state index contributed by atoms with van der Waals surface area (Å²) < 4.78 is 0. The Morgan fingerprint density at radius 3 is 2.26 bits per heavy atom. The molecular formula is C31H53N7O5. The summed E-state index contributed by atoms with van der Waals surface area (Å²) in [6.07, 6.45) is 8.80. The van der Waals surface area contributed by atoms with Gasteiger partial charge in [-0.1, -0.05) is 33.1 Å². The molecule has 0 unspecified atom stereocenters. The van der Waals surface area contributed by atoms with E-state index in [-0.39, 0.29) is 36.0 Å². The molecule has 4 amide bonds. The minimum Gasteiger partial charge on any atom is -0.388 e. The number of nitrogens with zero attached hydrogens (tertiary/aromatic N) is 2. The number of nitrogens with two attached hydrogens (primary N) is 1. The van der Waals surface area contributed by atoms with E-state index in [2.05, 4.69) is 20.9 Å². The predicted octanol–water partition coefficient (Wildman–Crippen LogP) is 1.46. The first kappa shape index (κ1) is 34.5. The molecule has 0 radical (unpaired) electrons. The minimum absolute atomic E-state index is 0.0374. The first-order valence-electron chi connectivity index (χ1n) is 16.4. The third kappa shape index (κ3) is 10.3. The van der Waals surface area contributed by atoms with Gasteiger partial charge in [-0.3, -0.25) is 24.6 Å². The molecule has 4 aliphatic heterocycles. The summed E-state index contributed by atoms with van der Waals surface area (Å²) >= 11 is 0. The summed E-state index contributed by atoms with van der Waals surface area (Å²) in [6.45, 7) is 7.27. The molecule has 2 bridgehead atoms. The number of unbranched alkanes of at least 4 members (excludes halogenated alkanes) is 1. The van der Waals surface area contributed by atoms with E-state index in [1.165, 1.54) is 4.90 Å². The molecule has 4 rings (SSSR count). The fourth-order valence-electron chi connectivity index (χ4n) is 6.81. The Labute approximate surface area is 256 Å². The van der Waals surface area contributed by atoms with Crippen LogP contribution in [0.3, 0.4) is 0 Å². The van der Waals surface area contributed by atoms with Crippen LogP contribution in [0.2, 0.25) is 0 Å². The number of hydrogen-bond donors (Lipinski definition) is 5. The smallest absolute Gasteiger partial charge is 0.246 e. The lowest BCUT2D eigenvalue weighted by Crippen LogP contribution is -2.59. The molecule has 242 valence electrons. The van der Waals surface area contributed by atoms with E-state index in [0.29, 0.717) is 70.1 Å². The van der Waals surface area contributed by atoms with Crippen LogP contribution in [-0.2, 0) is 24.0 Å². The molecule has 0 spiro atoms. The molecule has 4 aliphatic rings. The largest absolute Gasteiger partial charge is 0.388 e. The van der Waals surface area contributed by atoms with E-state index < -0.39 is 29.9 Å². The number of amidine groups is 1. The molecule has 0 aromatic carbocycles. The summed E-state index contributed by atoms with van der Waals surface area (Å²) in [5.74, 6) is -1.09. The maximum absolute atomic E-state index is 14.0. The molecule has 0 aromatic rings. The lowest BCUT2D eigenvalue weighted by molar-refractivity contribution is -0.143. The van der Waals surface area contributed by atoms with Gasteiger partial charge >= 0.3 is 0 Å². The Balaban J connectivity index is 1.68. The van der Waals surface area contributed by atoms with Gasteiger partial charge in [0.05, 0.1) is 18.3 Å². The molecule has 4 atom stereocenters. The summed E-state index contributed by atoms with van der Waals surface area (Å²) in [5.41, 5.74) is 5.39. The highest BCUT2D eigenvalue weighted by molar-refractivity contribution is 5.96. The lowest BCUT2D eigenvalue weighted by Gasteiger charge is -2.45. The van der Waals surface area contributed by atoms with Crippen LogP contribution in [0.25, 0.3) is 0 Å². The Morgan fingerprint density at radius 2 is 1.67 bits per heavy atom. The molecule has 6 N–H and O–H groups in total. The van der Waals surface area contributed by atoms with Crippen LogP contribution in [0.1, 0.15) is 97.3 Å². The van der Waals surface area contributed by atoms with Gasteiger partial charge in [0, 0.05) is 31.5 Å². The topological polar surface area (TPSA) is 178 Å². The van der Waals surface area contributed by atoms with Crippen molar-refractivity contribution < 1.29 is 24.0 Å². The molecule has 0 aliphatic carbocycles. The lowest BCUT2D eigenvalue weighted by atomic mass is 9.84. The van der Waals surface area contributed by atoms with Crippen molar-refractivity contribution in [1.82, 2.24) is 25.8 Å². The Kier molecular flexibility index (Phi) is 13.9. The van der Waals surface area contributed by atoms with Crippen LogP contribution >= 0.6 is 0 Å². The van der Waals surface area contributed by atoms with Crippen molar-refractivity contribution in [1.29, 1.82) is 5.41 Å². The van der Waals surface area contributed by atoms with E-state index in [9.17, 15) is 24.0 Å². The number of aldehydes is 1. The summed E-state index contributed by atoms with van der Waals surface area (Å²) in [4.78, 5) is 69.3. The highest BCUT2D eigenvalue weighted by atomic mass is 16.2. The van der Waals surface area contributed by atoms with Gasteiger partial charge in [-0.05, 0) is 70.4 Å². The zero-order valence-corrected chi connectivity index (χ0v) is 26.1. The quantitative estimate of drug-likeness (QED) is 0.0681. The molecule has 43 heavy (non-hydrogen) atoms. The zero-order valence-electron chi connectivity index (χ0n) is 26.1. The molecule has 12 heteroatoms. The van der Waals surface area contributed by atoms with Crippen LogP contribution < -0.4 is 21.7 Å². The number of rotatable bonds is 18. The average molecular weight is 604 g/mol. The van der Waals surface area contributed by atoms with Gasteiger partial charge < -0.3 is 36.3 Å². The van der Waals surface area contributed by atoms with Gasteiger partial charge in [0.25, 0.3) is 0 Å². The standard InChI is InChI=1S/C31H53N7O5/c1-3-8-22(9-4-2)29(41)36-24(18-28(40)35-25-19-37-16-13-21(25)14-17-37)31(43)38-15-7-11-26(38)30(42)34-23(20-39)10-5-6-12-27(32)33/h20-26H,3-19H2,1-2H3,(H3,32,33)(H,34,42)(H,35,40)(H,36,41)/t23-,24-,25+,26-/m0/s1. The summed E-state index contributed by atoms with van der Waals surface area (Å²) in [7, 11) is 0. The highest BCUT2D eigenvalue weighted by Gasteiger charge is 2.40. The van der Waals surface area contributed by atoms with Crippen LogP contribution in [-0.4, -0.2) is 95.9 Å². The van der Waals surface area contributed by atoms with Gasteiger partial charge in [-0.25, -0.2) is 0 Å². The minimum atomic E-state index is -1.08. The van der Waals surface area contributed by atoms with Crippen LogP contribution in [0.5, 0.6) is 0 Å². The van der Waals surface area contributed by atoms with Crippen molar-refractivity contribution in [3.63, 3.8) is 0 Å². The summed E-state index contributed by atoms with van der Waals surface area (Å²) in [5, 5.41) is 16.1. The molecular weight excluding hydrogens is 550 g/mol. The van der Waals surface area contributed by atoms with Crippen molar-refractivity contribution in [3.05, 3.63) is 0 Å². The number of piperidine rings is 3. The number of carbonyl (C=O) groups is 5. The Hall–Kier alpha value is -3.02. The number of amides is 4. The highest BCUT2D eigenvalue weighted by Crippen LogP contribution is 2.28. The fraction of sp³-hybridized carbons (Fsp3) is 0.806. The van der Waals surface area contributed by atoms with Crippen molar-refractivity contribution >= 4 is 35.8 Å². The van der Waals surface area contributed by atoms with E-state index in [4.69, 9.17) is 11.1 Å². The number of hydrogen-bond acceptors (Lipinski definition) is 7. The van der Waals surface area contributed by atoms with Gasteiger partial charge in [-0.15, -0.1) is 0 Å². The van der Waals surface area contributed by atoms with Gasteiger partial charge in [0.2, 0.25) is 23.6 Å². The number of fused-ring (bicyclic) bond motifs is 3. The number of carbonyl (C=O) groups excluding carboxylic acids is 5. The van der Waals surface area contributed by atoms with Gasteiger partial charge in [0.1, 0.15) is 18.4 Å². The van der Waals surface area contributed by atoms with Gasteiger partial charge in [-0.2, -0.15) is 0 Å².